The maximum absolute atomic E-state index is 13.7. The molecule has 1 saturated heterocycles. The molecule has 0 unspecified atom stereocenters. The Hall–Kier alpha value is -3.14. The zero-order valence-corrected chi connectivity index (χ0v) is 19.0. The van der Waals surface area contributed by atoms with Gasteiger partial charge < -0.3 is 4.90 Å². The number of sulfonamides is 1. The summed E-state index contributed by atoms with van der Waals surface area (Å²) in [6.45, 7) is 6.29. The number of hydrogen-bond donors (Lipinski definition) is 1. The van der Waals surface area contributed by atoms with Crippen molar-refractivity contribution in [1.29, 1.82) is 5.26 Å². The van der Waals surface area contributed by atoms with Gasteiger partial charge in [0.15, 0.2) is 17.3 Å². The van der Waals surface area contributed by atoms with Crippen molar-refractivity contribution in [2.24, 2.45) is 11.8 Å². The van der Waals surface area contributed by atoms with E-state index in [-0.39, 0.29) is 34.8 Å². The van der Waals surface area contributed by atoms with E-state index in [9.17, 15) is 31.6 Å². The number of aromatic nitrogens is 3. The van der Waals surface area contributed by atoms with Gasteiger partial charge in [0.25, 0.3) is 10.0 Å². The number of halogens is 3. The predicted molar refractivity (Wildman–Crippen MR) is 112 cm³/mol. The average Bonchev–Trinajstić information content (AvgIpc) is 3.13. The molecular formula is C20H23F3N6O3S. The van der Waals surface area contributed by atoms with Gasteiger partial charge in [0.1, 0.15) is 16.5 Å². The van der Waals surface area contributed by atoms with Crippen molar-refractivity contribution in [3.8, 4) is 11.9 Å². The van der Waals surface area contributed by atoms with E-state index in [1.807, 2.05) is 18.6 Å². The van der Waals surface area contributed by atoms with Crippen LogP contribution in [0.15, 0.2) is 23.2 Å². The fourth-order valence-corrected chi connectivity index (χ4v) is 4.94. The highest BCUT2D eigenvalue weighted by atomic mass is 32.2. The summed E-state index contributed by atoms with van der Waals surface area (Å²) in [5.74, 6) is -0.481. The molecule has 0 bridgehead atoms. The lowest BCUT2D eigenvalue weighted by Gasteiger charge is -2.36. The van der Waals surface area contributed by atoms with Crippen LogP contribution in [0.25, 0.3) is 5.82 Å². The molecule has 0 aliphatic carbocycles. The number of pyridine rings is 1. The smallest absolute Gasteiger partial charge is 0.355 e. The zero-order chi connectivity index (χ0) is 24.6. The third-order valence-electron chi connectivity index (χ3n) is 5.23. The molecular weight excluding hydrogens is 461 g/mol. The number of anilines is 1. The molecule has 0 aromatic carbocycles. The molecule has 3 rings (SSSR count). The SMILES string of the molecule is CCC(=O)NS(=O)(=O)c1ccc(-n2nc(C(F)(F)F)c(C#N)c2N2C[C@H](C)C[C@H](C)C2)nc1. The summed E-state index contributed by atoms with van der Waals surface area (Å²) in [5.41, 5.74) is -1.95. The van der Waals surface area contributed by atoms with E-state index in [0.29, 0.717) is 13.1 Å². The molecule has 0 radical (unpaired) electrons. The molecule has 33 heavy (non-hydrogen) atoms. The summed E-state index contributed by atoms with van der Waals surface area (Å²) in [7, 11) is -4.18. The molecule has 2 atom stereocenters. The van der Waals surface area contributed by atoms with Crippen LogP contribution in [0.5, 0.6) is 0 Å². The lowest BCUT2D eigenvalue weighted by molar-refractivity contribution is -0.141. The van der Waals surface area contributed by atoms with Gasteiger partial charge in [-0.25, -0.2) is 18.1 Å². The normalized spacial score (nSPS) is 19.2. The van der Waals surface area contributed by atoms with Crippen molar-refractivity contribution in [1.82, 2.24) is 19.5 Å². The van der Waals surface area contributed by atoms with Gasteiger partial charge in [-0.1, -0.05) is 20.8 Å². The molecule has 1 aliphatic rings. The molecule has 178 valence electrons. The molecule has 2 aromatic heterocycles. The van der Waals surface area contributed by atoms with Crippen LogP contribution in [-0.2, 0) is 21.0 Å². The summed E-state index contributed by atoms with van der Waals surface area (Å²) in [5, 5.41) is 13.2. The molecule has 1 amide bonds. The monoisotopic (exact) mass is 484 g/mol. The van der Waals surface area contributed by atoms with Crippen LogP contribution < -0.4 is 9.62 Å². The van der Waals surface area contributed by atoms with E-state index < -0.39 is 33.4 Å². The van der Waals surface area contributed by atoms with Gasteiger partial charge in [-0.15, -0.1) is 0 Å². The molecule has 1 fully saturated rings. The van der Waals surface area contributed by atoms with E-state index in [1.165, 1.54) is 13.0 Å². The first-order valence-corrected chi connectivity index (χ1v) is 11.7. The van der Waals surface area contributed by atoms with Crippen LogP contribution >= 0.6 is 0 Å². The van der Waals surface area contributed by atoms with E-state index >= 15 is 0 Å². The topological polar surface area (TPSA) is 121 Å². The minimum absolute atomic E-state index is 0.0365. The second-order valence-corrected chi connectivity index (χ2v) is 9.84. The Balaban J connectivity index is 2.12. The number of nitriles is 1. The number of rotatable bonds is 5. The van der Waals surface area contributed by atoms with Crippen molar-refractivity contribution >= 4 is 21.7 Å². The molecule has 2 aromatic rings. The van der Waals surface area contributed by atoms with E-state index in [2.05, 4.69) is 10.1 Å². The third-order valence-corrected chi connectivity index (χ3v) is 6.59. The van der Waals surface area contributed by atoms with E-state index in [1.54, 1.807) is 11.0 Å². The van der Waals surface area contributed by atoms with Gasteiger partial charge >= 0.3 is 6.18 Å². The van der Waals surface area contributed by atoms with Crippen LogP contribution in [0.4, 0.5) is 19.0 Å². The first kappa shape index (κ1) is 24.5. The number of alkyl halides is 3. The summed E-state index contributed by atoms with van der Waals surface area (Å²) < 4.78 is 68.3. The maximum atomic E-state index is 13.7. The van der Waals surface area contributed by atoms with Crippen molar-refractivity contribution in [3.05, 3.63) is 29.6 Å². The van der Waals surface area contributed by atoms with Crippen LogP contribution in [0.2, 0.25) is 0 Å². The number of nitrogens with zero attached hydrogens (tertiary/aromatic N) is 5. The second kappa shape index (κ2) is 9.01. The summed E-state index contributed by atoms with van der Waals surface area (Å²) in [6.07, 6.45) is -3.10. The van der Waals surface area contributed by atoms with Crippen molar-refractivity contribution in [2.75, 3.05) is 18.0 Å². The van der Waals surface area contributed by atoms with Crippen molar-refractivity contribution < 1.29 is 26.4 Å². The number of nitrogens with one attached hydrogen (secondary N) is 1. The van der Waals surface area contributed by atoms with Crippen LogP contribution in [0.1, 0.15) is 44.9 Å². The number of carbonyl (C=O) groups excluding carboxylic acids is 1. The standard InChI is InChI=1S/C20H23F3N6O3S/c1-4-17(30)27-33(31,32)14-5-6-16(25-9-14)29-19(28-10-12(2)7-13(3)11-28)15(8-24)18(26-29)20(21,22)23/h5-6,9,12-13H,4,7,10-11H2,1-3H3,(H,27,30)/t12-,13+. The minimum Gasteiger partial charge on any atom is -0.355 e. The average molecular weight is 485 g/mol. The quantitative estimate of drug-likeness (QED) is 0.693. The van der Waals surface area contributed by atoms with E-state index in [0.717, 1.165) is 23.4 Å². The Bertz CT molecular complexity index is 1180. The van der Waals surface area contributed by atoms with Crippen LogP contribution in [-0.4, -0.2) is 42.2 Å². The highest BCUT2D eigenvalue weighted by Crippen LogP contribution is 2.38. The lowest BCUT2D eigenvalue weighted by atomic mass is 9.91. The summed E-state index contributed by atoms with van der Waals surface area (Å²) >= 11 is 0. The Morgan fingerprint density at radius 3 is 2.39 bits per heavy atom. The fourth-order valence-electron chi connectivity index (χ4n) is 3.94. The fraction of sp³-hybridized carbons (Fsp3) is 0.500. The predicted octanol–water partition coefficient (Wildman–Crippen LogP) is 2.85. The van der Waals surface area contributed by atoms with Gasteiger partial charge in [-0.3, -0.25) is 4.79 Å². The summed E-state index contributed by atoms with van der Waals surface area (Å²) in [4.78, 5) is 16.8. The van der Waals surface area contributed by atoms with Gasteiger partial charge in [0.2, 0.25) is 5.91 Å². The highest BCUT2D eigenvalue weighted by molar-refractivity contribution is 7.90. The lowest BCUT2D eigenvalue weighted by Crippen LogP contribution is -2.40. The van der Waals surface area contributed by atoms with Crippen molar-refractivity contribution in [2.45, 2.75) is 44.7 Å². The molecule has 0 spiro atoms. The Labute approximate surface area is 189 Å². The van der Waals surface area contributed by atoms with Gasteiger partial charge in [0.05, 0.1) is 0 Å². The number of hydrogen-bond acceptors (Lipinski definition) is 7. The highest BCUT2D eigenvalue weighted by Gasteiger charge is 2.42. The Kier molecular flexibility index (Phi) is 6.69. The minimum atomic E-state index is -4.87. The number of amides is 1. The van der Waals surface area contributed by atoms with Crippen LogP contribution in [0, 0.1) is 23.2 Å². The second-order valence-electron chi connectivity index (χ2n) is 8.15. The first-order valence-electron chi connectivity index (χ1n) is 10.2. The van der Waals surface area contributed by atoms with E-state index in [4.69, 9.17) is 0 Å². The van der Waals surface area contributed by atoms with Gasteiger partial charge in [-0.2, -0.15) is 28.2 Å². The largest absolute Gasteiger partial charge is 0.436 e. The Morgan fingerprint density at radius 2 is 1.91 bits per heavy atom. The third kappa shape index (κ3) is 5.11. The zero-order valence-electron chi connectivity index (χ0n) is 18.2. The molecule has 1 N–H and O–H groups in total. The number of carbonyl (C=O) groups is 1. The number of piperidine rings is 1. The molecule has 13 heteroatoms. The molecule has 9 nitrogen and oxygen atoms in total. The van der Waals surface area contributed by atoms with Gasteiger partial charge in [-0.05, 0) is 30.4 Å². The maximum Gasteiger partial charge on any atom is 0.436 e. The molecule has 0 saturated carbocycles. The first-order chi connectivity index (χ1) is 15.4. The van der Waals surface area contributed by atoms with Crippen LogP contribution in [0.3, 0.4) is 0 Å². The van der Waals surface area contributed by atoms with Gasteiger partial charge in [0, 0.05) is 25.7 Å². The summed E-state index contributed by atoms with van der Waals surface area (Å²) in [6, 6.07) is 3.93. The molecule has 3 heterocycles. The Morgan fingerprint density at radius 1 is 1.27 bits per heavy atom. The molecule has 1 aliphatic heterocycles. The van der Waals surface area contributed by atoms with Crippen molar-refractivity contribution in [3.63, 3.8) is 0 Å².